The first kappa shape index (κ1) is 18.2. The van der Waals surface area contributed by atoms with E-state index in [2.05, 4.69) is 26.5 Å². The van der Waals surface area contributed by atoms with Gasteiger partial charge in [0.1, 0.15) is 11.0 Å². The molecule has 0 atom stereocenters. The number of unbranched alkanes of at least 4 members (excludes halogenated alkanes) is 1. The van der Waals surface area contributed by atoms with Crippen molar-refractivity contribution >= 4 is 40.2 Å². The topological polar surface area (TPSA) is 88.7 Å². The van der Waals surface area contributed by atoms with Gasteiger partial charge < -0.3 is 10.1 Å². The van der Waals surface area contributed by atoms with Crippen molar-refractivity contribution in [2.45, 2.75) is 25.9 Å². The summed E-state index contributed by atoms with van der Waals surface area (Å²) in [5.74, 6) is 0.859. The number of aryl methyl sites for hydroxylation is 1. The maximum Gasteiger partial charge on any atom is 0.244 e. The van der Waals surface area contributed by atoms with E-state index in [1.165, 1.54) is 0 Å². The summed E-state index contributed by atoms with van der Waals surface area (Å²) in [7, 11) is 1.55. The van der Waals surface area contributed by atoms with Crippen LogP contribution in [0.2, 0.25) is 10.0 Å². The van der Waals surface area contributed by atoms with E-state index in [0.717, 1.165) is 5.56 Å². The molecule has 26 heavy (non-hydrogen) atoms. The first-order chi connectivity index (χ1) is 12.6. The molecule has 1 N–H and O–H groups in total. The molecule has 0 bridgehead atoms. The monoisotopic (exact) mass is 390 g/mol. The summed E-state index contributed by atoms with van der Waals surface area (Å²) >= 11 is 12.0. The molecule has 0 aliphatic heterocycles. The maximum atomic E-state index is 8.68. The Hall–Kier alpha value is -2.56. The summed E-state index contributed by atoms with van der Waals surface area (Å²) in [4.78, 5) is 8.88. The molecular formula is C17H16Cl2N6O. The maximum absolute atomic E-state index is 8.68. The molecule has 7 nitrogen and oxygen atoms in total. The predicted octanol–water partition coefficient (Wildman–Crippen LogP) is 4.06. The predicted molar refractivity (Wildman–Crippen MR) is 101 cm³/mol. The average Bonchev–Trinajstić information content (AvgIpc) is 3.05. The molecule has 2 heterocycles. The fourth-order valence-corrected chi connectivity index (χ4v) is 2.82. The minimum absolute atomic E-state index is 0.428. The standard InChI is InChI=1S/C17H16Cl2N6O/c1-26-16-15-14(10-22-25(15)7-3-2-6-20)23-17(24-16)21-9-11-4-5-12(18)13(19)8-11/h4-5,8,10H,2-3,7,9H2,1H3,(H,21,23,24). The van der Waals surface area contributed by atoms with E-state index in [9.17, 15) is 0 Å². The zero-order valence-corrected chi connectivity index (χ0v) is 15.5. The van der Waals surface area contributed by atoms with Gasteiger partial charge in [-0.1, -0.05) is 29.3 Å². The largest absolute Gasteiger partial charge is 0.479 e. The van der Waals surface area contributed by atoms with Gasteiger partial charge in [-0.3, -0.25) is 4.68 Å². The van der Waals surface area contributed by atoms with Crippen LogP contribution in [0.25, 0.3) is 11.0 Å². The van der Waals surface area contributed by atoms with Crippen molar-refractivity contribution in [3.05, 3.63) is 40.0 Å². The summed E-state index contributed by atoms with van der Waals surface area (Å²) < 4.78 is 7.16. The van der Waals surface area contributed by atoms with Crippen molar-refractivity contribution in [2.75, 3.05) is 12.4 Å². The summed E-state index contributed by atoms with van der Waals surface area (Å²) in [6.07, 6.45) is 2.83. The van der Waals surface area contributed by atoms with E-state index in [0.29, 0.717) is 58.8 Å². The van der Waals surface area contributed by atoms with Crippen molar-refractivity contribution < 1.29 is 4.74 Å². The Morgan fingerprint density at radius 3 is 2.85 bits per heavy atom. The number of methoxy groups -OCH3 is 1. The second kappa shape index (κ2) is 8.21. The van der Waals surface area contributed by atoms with Gasteiger partial charge >= 0.3 is 0 Å². The van der Waals surface area contributed by atoms with Crippen molar-refractivity contribution in [2.24, 2.45) is 0 Å². The minimum Gasteiger partial charge on any atom is -0.479 e. The first-order valence-electron chi connectivity index (χ1n) is 7.94. The molecule has 3 aromatic rings. The molecule has 3 rings (SSSR count). The number of aromatic nitrogens is 4. The van der Waals surface area contributed by atoms with Gasteiger partial charge in [-0.25, -0.2) is 4.98 Å². The molecule has 0 radical (unpaired) electrons. The SMILES string of the molecule is COc1nc(NCc2ccc(Cl)c(Cl)c2)nc2cnn(CCCC#N)c12. The third-order valence-corrected chi connectivity index (χ3v) is 4.48. The lowest BCUT2D eigenvalue weighted by molar-refractivity contribution is 0.399. The van der Waals surface area contributed by atoms with Crippen LogP contribution in [0, 0.1) is 11.3 Å². The quantitative estimate of drug-likeness (QED) is 0.611. The highest BCUT2D eigenvalue weighted by Gasteiger charge is 2.14. The molecule has 134 valence electrons. The highest BCUT2D eigenvalue weighted by Crippen LogP contribution is 2.25. The Labute approximate surface area is 160 Å². The van der Waals surface area contributed by atoms with Crippen molar-refractivity contribution in [3.8, 4) is 11.9 Å². The lowest BCUT2D eigenvalue weighted by Gasteiger charge is -2.09. The second-order valence-corrected chi connectivity index (χ2v) is 6.34. The van der Waals surface area contributed by atoms with Gasteiger partial charge in [0, 0.05) is 19.5 Å². The molecular weight excluding hydrogens is 375 g/mol. The fraction of sp³-hybridized carbons (Fsp3) is 0.294. The van der Waals surface area contributed by atoms with Gasteiger partial charge in [-0.15, -0.1) is 0 Å². The number of nitrogens with one attached hydrogen (secondary N) is 1. The van der Waals surface area contributed by atoms with Crippen LogP contribution in [-0.2, 0) is 13.1 Å². The molecule has 0 aliphatic rings. The molecule has 0 unspecified atom stereocenters. The Morgan fingerprint density at radius 2 is 2.12 bits per heavy atom. The lowest BCUT2D eigenvalue weighted by atomic mass is 10.2. The van der Waals surface area contributed by atoms with E-state index in [4.69, 9.17) is 33.2 Å². The van der Waals surface area contributed by atoms with Crippen LogP contribution in [0.3, 0.4) is 0 Å². The summed E-state index contributed by atoms with van der Waals surface area (Å²) in [6.45, 7) is 1.09. The third-order valence-electron chi connectivity index (χ3n) is 3.74. The number of hydrogen-bond donors (Lipinski definition) is 1. The van der Waals surface area contributed by atoms with Crippen LogP contribution in [-0.4, -0.2) is 26.9 Å². The van der Waals surface area contributed by atoms with Gasteiger partial charge in [0.05, 0.1) is 29.4 Å². The Balaban J connectivity index is 1.81. The number of nitriles is 1. The summed E-state index contributed by atoms with van der Waals surface area (Å²) in [5, 5.41) is 17.2. The van der Waals surface area contributed by atoms with Gasteiger partial charge in [0.15, 0.2) is 0 Å². The summed E-state index contributed by atoms with van der Waals surface area (Å²) in [6, 6.07) is 7.54. The van der Waals surface area contributed by atoms with Crippen molar-refractivity contribution in [3.63, 3.8) is 0 Å². The van der Waals surface area contributed by atoms with Crippen LogP contribution in [0.15, 0.2) is 24.4 Å². The molecule has 0 saturated heterocycles. The van der Waals surface area contributed by atoms with Crippen LogP contribution < -0.4 is 10.1 Å². The first-order valence-corrected chi connectivity index (χ1v) is 8.70. The second-order valence-electron chi connectivity index (χ2n) is 5.52. The Kier molecular flexibility index (Phi) is 5.76. The molecule has 0 aliphatic carbocycles. The number of rotatable bonds is 7. The molecule has 0 saturated carbocycles. The van der Waals surface area contributed by atoms with Gasteiger partial charge in [-0.05, 0) is 24.1 Å². The zero-order valence-electron chi connectivity index (χ0n) is 14.0. The highest BCUT2D eigenvalue weighted by molar-refractivity contribution is 6.42. The third kappa shape index (κ3) is 3.98. The lowest BCUT2D eigenvalue weighted by Crippen LogP contribution is -2.07. The number of halogens is 2. The minimum atomic E-state index is 0.428. The van der Waals surface area contributed by atoms with E-state index < -0.39 is 0 Å². The van der Waals surface area contributed by atoms with E-state index in [1.54, 1.807) is 30.1 Å². The van der Waals surface area contributed by atoms with E-state index in [-0.39, 0.29) is 0 Å². The van der Waals surface area contributed by atoms with Crippen LogP contribution in [0.1, 0.15) is 18.4 Å². The normalized spacial score (nSPS) is 10.7. The number of hydrogen-bond acceptors (Lipinski definition) is 6. The number of ether oxygens (including phenoxy) is 1. The average molecular weight is 391 g/mol. The van der Waals surface area contributed by atoms with Crippen LogP contribution in [0.4, 0.5) is 5.95 Å². The molecule has 2 aromatic heterocycles. The van der Waals surface area contributed by atoms with Crippen molar-refractivity contribution in [1.29, 1.82) is 5.26 Å². The Bertz CT molecular complexity index is 966. The van der Waals surface area contributed by atoms with Gasteiger partial charge in [0.25, 0.3) is 0 Å². The molecule has 0 amide bonds. The van der Waals surface area contributed by atoms with Gasteiger partial charge in [0.2, 0.25) is 11.8 Å². The molecule has 1 aromatic carbocycles. The fourth-order valence-electron chi connectivity index (χ4n) is 2.50. The molecule has 0 spiro atoms. The van der Waals surface area contributed by atoms with E-state index in [1.807, 2.05) is 6.07 Å². The highest BCUT2D eigenvalue weighted by atomic mass is 35.5. The number of anilines is 1. The van der Waals surface area contributed by atoms with E-state index >= 15 is 0 Å². The van der Waals surface area contributed by atoms with Gasteiger partial charge in [-0.2, -0.15) is 15.3 Å². The number of nitrogens with zero attached hydrogens (tertiary/aromatic N) is 5. The Morgan fingerprint density at radius 1 is 1.27 bits per heavy atom. The molecule has 0 fully saturated rings. The molecule has 9 heteroatoms. The van der Waals surface area contributed by atoms with Crippen molar-refractivity contribution in [1.82, 2.24) is 19.7 Å². The zero-order chi connectivity index (χ0) is 18.5. The number of benzene rings is 1. The number of fused-ring (bicyclic) bond motifs is 1. The smallest absolute Gasteiger partial charge is 0.244 e. The summed E-state index contributed by atoms with van der Waals surface area (Å²) in [5.41, 5.74) is 2.34. The van der Waals surface area contributed by atoms with Crippen LogP contribution >= 0.6 is 23.2 Å². The van der Waals surface area contributed by atoms with Crippen LogP contribution in [0.5, 0.6) is 5.88 Å².